The molecule has 0 spiro atoms. The van der Waals surface area contributed by atoms with Crippen LogP contribution in [-0.4, -0.2) is 25.4 Å². The lowest BCUT2D eigenvalue weighted by Crippen LogP contribution is -2.41. The number of ether oxygens (including phenoxy) is 2. The zero-order valence-electron chi connectivity index (χ0n) is 34.7. The van der Waals surface area contributed by atoms with Crippen LogP contribution in [0.15, 0.2) is 81.9 Å². The van der Waals surface area contributed by atoms with E-state index in [1.807, 2.05) is 12.1 Å². The van der Waals surface area contributed by atoms with Crippen molar-refractivity contribution in [3.8, 4) is 23.7 Å². The molecule has 0 N–H and O–H groups in total. The van der Waals surface area contributed by atoms with Gasteiger partial charge in [0.25, 0.3) is 0 Å². The second-order valence-electron chi connectivity index (χ2n) is 17.1. The Hall–Kier alpha value is -3.84. The second-order valence-corrected chi connectivity index (χ2v) is 19.6. The van der Waals surface area contributed by atoms with Gasteiger partial charge in [-0.05, 0) is 110 Å². The molecule has 2 nitrogen and oxygen atoms in total. The van der Waals surface area contributed by atoms with Crippen molar-refractivity contribution in [3.63, 3.8) is 0 Å². The van der Waals surface area contributed by atoms with Crippen molar-refractivity contribution in [1.29, 1.82) is 0 Å². The normalized spacial score (nSPS) is 12.8. The molecule has 0 saturated carbocycles. The van der Waals surface area contributed by atoms with Crippen molar-refractivity contribution in [1.82, 2.24) is 0 Å². The highest BCUT2D eigenvalue weighted by molar-refractivity contribution is 8.01. The third kappa shape index (κ3) is 7.55. The smallest absolute Gasteiger partial charge is 0.133 e. The van der Waals surface area contributed by atoms with Gasteiger partial charge in [0, 0.05) is 45.7 Å². The number of fused-ring (bicyclic) bond motifs is 4. The van der Waals surface area contributed by atoms with E-state index in [9.17, 15) is 0 Å². The number of hydrogen-bond acceptors (Lipinski definition) is 4. The lowest BCUT2D eigenvalue weighted by Gasteiger charge is -2.35. The number of halogens is 1. The summed E-state index contributed by atoms with van der Waals surface area (Å²) in [7, 11) is 3.51. The largest absolute Gasteiger partial charge is 0.365 e. The molecule has 0 amide bonds. The van der Waals surface area contributed by atoms with Gasteiger partial charge in [0.05, 0.1) is 4.21 Å². The number of methoxy groups -OCH3 is 2. The van der Waals surface area contributed by atoms with Crippen molar-refractivity contribution in [2.75, 3.05) is 14.2 Å². The molecule has 0 aliphatic carbocycles. The summed E-state index contributed by atoms with van der Waals surface area (Å²) in [5.74, 6) is 15.0. The van der Waals surface area contributed by atoms with Crippen LogP contribution in [0.4, 0.5) is 4.39 Å². The Kier molecular flexibility index (Phi) is 11.6. The average Bonchev–Trinajstić information content (AvgIpc) is 3.52. The Morgan fingerprint density at radius 1 is 0.600 bits per heavy atom. The van der Waals surface area contributed by atoms with Gasteiger partial charge in [-0.3, -0.25) is 0 Å². The van der Waals surface area contributed by atoms with Gasteiger partial charge in [-0.25, -0.2) is 4.39 Å². The fourth-order valence-corrected chi connectivity index (χ4v) is 10.4. The topological polar surface area (TPSA) is 18.5 Å². The standard InChI is InChI=1S/C50H55FO2S2/c1-30(2)49(52-12,31(3)4)23-21-38-41-25-34-15-14-16-45(51)40(34)28-43(41)39(22-24-50(53-13,32(5)6)33(7)8)44-29-46-35(26-42(38)44)27-47(55-46)54-37-19-17-36(18-20-37)48(9,10)11/h14-20,25-33H,1-13H3. The Labute approximate surface area is 336 Å². The average molecular weight is 771 g/mol. The minimum atomic E-state index is -0.675. The van der Waals surface area contributed by atoms with Crippen LogP contribution in [0.2, 0.25) is 0 Å². The molecular formula is C50H55FO2S2. The third-order valence-electron chi connectivity index (χ3n) is 11.5. The van der Waals surface area contributed by atoms with Gasteiger partial charge >= 0.3 is 0 Å². The predicted octanol–water partition coefficient (Wildman–Crippen LogP) is 14.0. The number of hydrogen-bond donors (Lipinski definition) is 0. The van der Waals surface area contributed by atoms with E-state index in [0.717, 1.165) is 48.1 Å². The van der Waals surface area contributed by atoms with Crippen LogP contribution in [-0.2, 0) is 14.9 Å². The van der Waals surface area contributed by atoms with Crippen LogP contribution in [0.1, 0.15) is 92.9 Å². The van der Waals surface area contributed by atoms with E-state index >= 15 is 4.39 Å². The lowest BCUT2D eigenvalue weighted by atomic mass is 9.79. The summed E-state index contributed by atoms with van der Waals surface area (Å²) in [5, 5.41) is 6.37. The molecule has 0 unspecified atom stereocenters. The summed E-state index contributed by atoms with van der Waals surface area (Å²) in [6.07, 6.45) is 0. The molecule has 0 bridgehead atoms. The molecule has 0 atom stereocenters. The minimum Gasteiger partial charge on any atom is -0.365 e. The van der Waals surface area contributed by atoms with Gasteiger partial charge in [0.2, 0.25) is 0 Å². The zero-order chi connectivity index (χ0) is 40.0. The van der Waals surface area contributed by atoms with Crippen LogP contribution in [0, 0.1) is 53.2 Å². The van der Waals surface area contributed by atoms with E-state index in [2.05, 4.69) is 148 Å². The van der Waals surface area contributed by atoms with Gasteiger partial charge in [-0.15, -0.1) is 11.3 Å². The molecule has 5 heteroatoms. The van der Waals surface area contributed by atoms with Crippen LogP contribution >= 0.6 is 23.1 Å². The van der Waals surface area contributed by atoms with Crippen molar-refractivity contribution in [2.45, 2.75) is 102 Å². The lowest BCUT2D eigenvalue weighted by molar-refractivity contribution is -0.0338. The van der Waals surface area contributed by atoms with E-state index in [4.69, 9.17) is 9.47 Å². The molecular weight excluding hydrogens is 716 g/mol. The van der Waals surface area contributed by atoms with E-state index < -0.39 is 11.2 Å². The second kappa shape index (κ2) is 15.6. The van der Waals surface area contributed by atoms with Crippen LogP contribution in [0.25, 0.3) is 42.4 Å². The Morgan fingerprint density at radius 3 is 1.58 bits per heavy atom. The first-order chi connectivity index (χ1) is 25.9. The van der Waals surface area contributed by atoms with Crippen molar-refractivity contribution >= 4 is 65.5 Å². The fourth-order valence-electron chi connectivity index (χ4n) is 8.20. The van der Waals surface area contributed by atoms with E-state index in [1.165, 1.54) is 20.7 Å². The molecule has 0 saturated heterocycles. The maximum absolute atomic E-state index is 15.6. The van der Waals surface area contributed by atoms with Crippen LogP contribution in [0.5, 0.6) is 0 Å². The van der Waals surface area contributed by atoms with Crippen LogP contribution < -0.4 is 0 Å². The van der Waals surface area contributed by atoms with Crippen molar-refractivity contribution in [3.05, 3.63) is 95.3 Å². The first kappa shape index (κ1) is 40.8. The summed E-state index contributed by atoms with van der Waals surface area (Å²) < 4.78 is 30.5. The molecule has 1 heterocycles. The third-order valence-corrected chi connectivity index (χ3v) is 13.7. The molecule has 0 aliphatic rings. The number of rotatable bonds is 8. The van der Waals surface area contributed by atoms with Crippen molar-refractivity contribution < 1.29 is 13.9 Å². The Balaban J connectivity index is 1.72. The van der Waals surface area contributed by atoms with Gasteiger partial charge in [0.1, 0.15) is 17.0 Å². The molecule has 55 heavy (non-hydrogen) atoms. The molecule has 0 fully saturated rings. The predicted molar refractivity (Wildman–Crippen MR) is 236 cm³/mol. The van der Waals surface area contributed by atoms with Crippen molar-refractivity contribution in [2.24, 2.45) is 23.7 Å². The summed E-state index contributed by atoms with van der Waals surface area (Å²) in [5.41, 5.74) is 1.84. The summed E-state index contributed by atoms with van der Waals surface area (Å²) >= 11 is 3.57. The number of benzene rings is 5. The summed E-state index contributed by atoms with van der Waals surface area (Å²) in [4.78, 5) is 1.21. The summed E-state index contributed by atoms with van der Waals surface area (Å²) in [6, 6.07) is 25.1. The fraction of sp³-hybridized carbons (Fsp3) is 0.400. The molecule has 1 aromatic heterocycles. The van der Waals surface area contributed by atoms with Gasteiger partial charge < -0.3 is 9.47 Å². The molecule has 5 aromatic carbocycles. The van der Waals surface area contributed by atoms with Crippen LogP contribution in [0.3, 0.4) is 0 Å². The first-order valence-corrected chi connectivity index (χ1v) is 21.1. The summed E-state index contributed by atoms with van der Waals surface area (Å²) in [6.45, 7) is 24.0. The van der Waals surface area contributed by atoms with E-state index in [0.29, 0.717) is 5.39 Å². The monoisotopic (exact) mass is 770 g/mol. The molecule has 286 valence electrons. The van der Waals surface area contributed by atoms with Gasteiger partial charge in [-0.1, -0.05) is 136 Å². The highest BCUT2D eigenvalue weighted by Crippen LogP contribution is 2.43. The molecule has 6 rings (SSSR count). The molecule has 0 radical (unpaired) electrons. The highest BCUT2D eigenvalue weighted by atomic mass is 32.2. The first-order valence-electron chi connectivity index (χ1n) is 19.5. The maximum Gasteiger partial charge on any atom is 0.133 e. The minimum absolute atomic E-state index is 0.101. The number of thiophene rings is 1. The zero-order valence-corrected chi connectivity index (χ0v) is 36.4. The van der Waals surface area contributed by atoms with E-state index in [1.54, 1.807) is 43.4 Å². The molecule has 6 aromatic rings. The Bertz CT molecular complexity index is 2490. The molecule has 0 aliphatic heterocycles. The van der Waals surface area contributed by atoms with E-state index in [-0.39, 0.29) is 34.9 Å². The SMILES string of the molecule is COC(C#Cc1c2cc3cc(Sc4ccc(C(C)(C)C)cc4)sc3cc2c(C#CC(OC)(C(C)C)C(C)C)c2cc3c(F)cccc3cc12)(C(C)C)C(C)C. The van der Waals surface area contributed by atoms with Gasteiger partial charge in [-0.2, -0.15) is 0 Å². The maximum atomic E-state index is 15.6. The Morgan fingerprint density at radius 2 is 1.09 bits per heavy atom. The quantitative estimate of drug-likeness (QED) is 0.113. The highest BCUT2D eigenvalue weighted by Gasteiger charge is 2.36. The van der Waals surface area contributed by atoms with Gasteiger partial charge in [0.15, 0.2) is 0 Å².